The van der Waals surface area contributed by atoms with E-state index in [1.165, 1.54) is 16.7 Å². The number of fused-ring (bicyclic) bond motifs is 3. The van der Waals surface area contributed by atoms with E-state index in [0.717, 1.165) is 16.3 Å². The summed E-state index contributed by atoms with van der Waals surface area (Å²) in [5.74, 6) is 0. The lowest BCUT2D eigenvalue weighted by molar-refractivity contribution is -0.384. The van der Waals surface area contributed by atoms with Crippen LogP contribution in [0.15, 0.2) is 77.6 Å². The van der Waals surface area contributed by atoms with Crippen LogP contribution in [0.1, 0.15) is 0 Å². The molecule has 116 valence electrons. The second kappa shape index (κ2) is 5.31. The molecule has 4 rings (SSSR count). The zero-order valence-corrected chi connectivity index (χ0v) is 12.5. The molecule has 0 radical (unpaired) electrons. The number of nitro benzene ring substituents is 1. The van der Waals surface area contributed by atoms with E-state index >= 15 is 0 Å². The van der Waals surface area contributed by atoms with E-state index < -0.39 is 4.92 Å². The summed E-state index contributed by atoms with van der Waals surface area (Å²) in [7, 11) is 0. The third kappa shape index (κ3) is 2.06. The number of nitrogens with zero attached hydrogens (tertiary/aromatic N) is 2. The normalized spacial score (nSPS) is 11.0. The molecule has 0 unspecified atom stereocenters. The molecule has 0 amide bonds. The first kappa shape index (κ1) is 14.1. The Morgan fingerprint density at radius 3 is 2.21 bits per heavy atom. The number of para-hydroxylation sites is 1. The van der Waals surface area contributed by atoms with E-state index in [9.17, 15) is 14.9 Å². The summed E-state index contributed by atoms with van der Waals surface area (Å²) in [6, 6.07) is 21.1. The van der Waals surface area contributed by atoms with Crippen molar-refractivity contribution in [3.8, 4) is 5.69 Å². The Morgan fingerprint density at radius 2 is 1.46 bits per heavy atom. The van der Waals surface area contributed by atoms with Gasteiger partial charge in [-0.1, -0.05) is 42.5 Å². The van der Waals surface area contributed by atoms with Crippen molar-refractivity contribution in [3.05, 3.63) is 93.3 Å². The maximum Gasteiger partial charge on any atom is 0.271 e. The fourth-order valence-corrected chi connectivity index (χ4v) is 3.03. The fraction of sp³-hybridized carbons (Fsp3) is 0. The highest BCUT2D eigenvalue weighted by Crippen LogP contribution is 2.25. The first-order valence-corrected chi connectivity index (χ1v) is 7.44. The predicted octanol–water partition coefficient (Wildman–Crippen LogP) is 4.05. The molecule has 5 heteroatoms. The molecule has 0 fully saturated rings. The second-order valence-electron chi connectivity index (χ2n) is 5.48. The Kier molecular flexibility index (Phi) is 3.13. The highest BCUT2D eigenvalue weighted by Gasteiger charge is 2.13. The molecule has 0 saturated carbocycles. The standard InChI is InChI=1S/C19H12N2O3/c22-19-17-10-2-1-8-15(17)16-9-3-4-11-18(16)20(19)13-6-5-7-14(12-13)21(23)24/h1-12H. The Hall–Kier alpha value is -3.47. The number of hydrogen-bond donors (Lipinski definition) is 0. The summed E-state index contributed by atoms with van der Waals surface area (Å²) >= 11 is 0. The lowest BCUT2D eigenvalue weighted by atomic mass is 10.1. The molecule has 0 bridgehead atoms. The number of non-ortho nitro benzene ring substituents is 1. The van der Waals surface area contributed by atoms with Crippen LogP contribution in [0, 0.1) is 10.1 Å². The van der Waals surface area contributed by atoms with E-state index in [1.54, 1.807) is 18.2 Å². The molecular weight excluding hydrogens is 304 g/mol. The summed E-state index contributed by atoms with van der Waals surface area (Å²) in [5, 5.41) is 13.5. The van der Waals surface area contributed by atoms with Gasteiger partial charge in [0, 0.05) is 22.9 Å². The van der Waals surface area contributed by atoms with Crippen molar-refractivity contribution < 1.29 is 4.92 Å². The molecule has 0 saturated heterocycles. The van der Waals surface area contributed by atoms with Gasteiger partial charge in [-0.25, -0.2) is 0 Å². The SMILES string of the molecule is O=c1c2ccccc2c2ccccc2n1-c1cccc([N+](=O)[O-])c1. The molecule has 1 aromatic heterocycles. The van der Waals surface area contributed by atoms with E-state index in [1.807, 2.05) is 42.5 Å². The van der Waals surface area contributed by atoms with E-state index in [0.29, 0.717) is 11.1 Å². The van der Waals surface area contributed by atoms with E-state index in [4.69, 9.17) is 0 Å². The number of aromatic nitrogens is 1. The van der Waals surface area contributed by atoms with Crippen LogP contribution in [0.25, 0.3) is 27.4 Å². The molecule has 4 aromatic rings. The van der Waals surface area contributed by atoms with Crippen molar-refractivity contribution in [3.63, 3.8) is 0 Å². The average Bonchev–Trinajstić information content (AvgIpc) is 2.62. The van der Waals surface area contributed by atoms with E-state index in [2.05, 4.69) is 0 Å². The molecule has 0 spiro atoms. The Balaban J connectivity index is 2.19. The third-order valence-electron chi connectivity index (χ3n) is 4.09. The second-order valence-corrected chi connectivity index (χ2v) is 5.48. The summed E-state index contributed by atoms with van der Waals surface area (Å²) in [4.78, 5) is 23.6. The molecule has 0 atom stereocenters. The first-order valence-electron chi connectivity index (χ1n) is 7.44. The van der Waals surface area contributed by atoms with Crippen LogP contribution in [-0.2, 0) is 0 Å². The molecule has 1 heterocycles. The van der Waals surface area contributed by atoms with Gasteiger partial charge in [-0.3, -0.25) is 19.5 Å². The van der Waals surface area contributed by atoms with Crippen LogP contribution < -0.4 is 5.56 Å². The van der Waals surface area contributed by atoms with Crippen LogP contribution >= 0.6 is 0 Å². The van der Waals surface area contributed by atoms with Gasteiger partial charge in [0.2, 0.25) is 0 Å². The van der Waals surface area contributed by atoms with Gasteiger partial charge >= 0.3 is 0 Å². The van der Waals surface area contributed by atoms with Crippen LogP contribution in [0.3, 0.4) is 0 Å². The molecule has 0 aliphatic rings. The van der Waals surface area contributed by atoms with Crippen molar-refractivity contribution in [1.82, 2.24) is 4.57 Å². The van der Waals surface area contributed by atoms with Gasteiger partial charge in [-0.15, -0.1) is 0 Å². The first-order chi connectivity index (χ1) is 11.7. The Labute approximate surface area is 136 Å². The number of nitro groups is 1. The van der Waals surface area contributed by atoms with Gasteiger partial charge in [0.05, 0.1) is 16.1 Å². The minimum Gasteiger partial charge on any atom is -0.276 e. The summed E-state index contributed by atoms with van der Waals surface area (Å²) in [6.45, 7) is 0. The van der Waals surface area contributed by atoms with Crippen molar-refractivity contribution >= 4 is 27.4 Å². The van der Waals surface area contributed by atoms with Gasteiger partial charge in [-0.05, 0) is 23.6 Å². The number of pyridine rings is 1. The average molecular weight is 316 g/mol. The summed E-state index contributed by atoms with van der Waals surface area (Å²) < 4.78 is 1.53. The van der Waals surface area contributed by atoms with Crippen molar-refractivity contribution in [2.24, 2.45) is 0 Å². The quantitative estimate of drug-likeness (QED) is 0.318. The van der Waals surface area contributed by atoms with Crippen LogP contribution in [0.4, 0.5) is 5.69 Å². The maximum atomic E-state index is 13.0. The van der Waals surface area contributed by atoms with Crippen LogP contribution in [0.5, 0.6) is 0 Å². The van der Waals surface area contributed by atoms with Crippen molar-refractivity contribution in [2.45, 2.75) is 0 Å². The molecule has 3 aromatic carbocycles. The molecule has 24 heavy (non-hydrogen) atoms. The summed E-state index contributed by atoms with van der Waals surface area (Å²) in [5.41, 5.74) is 0.972. The molecule has 0 aliphatic heterocycles. The van der Waals surface area contributed by atoms with Gasteiger partial charge in [-0.2, -0.15) is 0 Å². The maximum absolute atomic E-state index is 13.0. The highest BCUT2D eigenvalue weighted by atomic mass is 16.6. The number of benzene rings is 3. The molecular formula is C19H12N2O3. The molecule has 0 aliphatic carbocycles. The third-order valence-corrected chi connectivity index (χ3v) is 4.09. The monoisotopic (exact) mass is 316 g/mol. The van der Waals surface area contributed by atoms with Crippen molar-refractivity contribution in [1.29, 1.82) is 0 Å². The zero-order chi connectivity index (χ0) is 16.7. The van der Waals surface area contributed by atoms with Crippen LogP contribution in [0.2, 0.25) is 0 Å². The van der Waals surface area contributed by atoms with Gasteiger partial charge in [0.1, 0.15) is 0 Å². The summed E-state index contributed by atoms with van der Waals surface area (Å²) in [6.07, 6.45) is 0. The fourth-order valence-electron chi connectivity index (χ4n) is 3.03. The Morgan fingerprint density at radius 1 is 0.792 bits per heavy atom. The lowest BCUT2D eigenvalue weighted by Crippen LogP contribution is -2.19. The topological polar surface area (TPSA) is 65.1 Å². The molecule has 5 nitrogen and oxygen atoms in total. The largest absolute Gasteiger partial charge is 0.276 e. The van der Waals surface area contributed by atoms with Gasteiger partial charge in [0.25, 0.3) is 11.2 Å². The van der Waals surface area contributed by atoms with Crippen LogP contribution in [-0.4, -0.2) is 9.49 Å². The highest BCUT2D eigenvalue weighted by molar-refractivity contribution is 6.06. The lowest BCUT2D eigenvalue weighted by Gasteiger charge is -2.13. The van der Waals surface area contributed by atoms with Crippen molar-refractivity contribution in [2.75, 3.05) is 0 Å². The van der Waals surface area contributed by atoms with Gasteiger partial charge < -0.3 is 0 Å². The van der Waals surface area contributed by atoms with E-state index in [-0.39, 0.29) is 11.2 Å². The van der Waals surface area contributed by atoms with Gasteiger partial charge in [0.15, 0.2) is 0 Å². The minimum atomic E-state index is -0.461. The zero-order valence-electron chi connectivity index (χ0n) is 12.5. The Bertz CT molecular complexity index is 1160. The smallest absolute Gasteiger partial charge is 0.271 e. The predicted molar refractivity (Wildman–Crippen MR) is 93.7 cm³/mol. The number of rotatable bonds is 2. The molecule has 0 N–H and O–H groups in total. The number of hydrogen-bond acceptors (Lipinski definition) is 3. The minimum absolute atomic E-state index is 0.0448.